The highest BCUT2D eigenvalue weighted by Crippen LogP contribution is 2.24. The summed E-state index contributed by atoms with van der Waals surface area (Å²) in [6, 6.07) is 22.2. The van der Waals surface area contributed by atoms with Crippen LogP contribution in [0.25, 0.3) is 10.2 Å². The predicted molar refractivity (Wildman–Crippen MR) is 139 cm³/mol. The lowest BCUT2D eigenvalue weighted by molar-refractivity contribution is -0.152. The fourth-order valence-corrected chi connectivity index (χ4v) is 4.54. The molecule has 186 valence electrons. The zero-order valence-electron chi connectivity index (χ0n) is 20.1. The molecule has 4 aromatic rings. The van der Waals surface area contributed by atoms with Gasteiger partial charge in [0.15, 0.2) is 5.60 Å². The molecule has 9 heteroatoms. The minimum absolute atomic E-state index is 0.0738. The van der Waals surface area contributed by atoms with Crippen molar-refractivity contribution in [2.45, 2.75) is 26.0 Å². The standard InChI is InChI=1S/C27H26N2O6S/c1-27(2,25(30)31)35-21-12-10-20(11-13-21)34-16-15-29-22-14-9-19(17-23(22)36-26(29)32)24(28-33-3)18-7-5-4-6-8-18/h4-14,17H,15-16H2,1-3H3,(H,30,31). The van der Waals surface area contributed by atoms with Gasteiger partial charge in [0.05, 0.1) is 16.8 Å². The Balaban J connectivity index is 1.46. The molecule has 0 spiro atoms. The number of hydrogen-bond acceptors (Lipinski definition) is 7. The number of carbonyl (C=O) groups is 1. The average molecular weight is 507 g/mol. The average Bonchev–Trinajstić information content (AvgIpc) is 3.18. The fourth-order valence-electron chi connectivity index (χ4n) is 3.58. The summed E-state index contributed by atoms with van der Waals surface area (Å²) < 4.78 is 13.8. The molecule has 4 rings (SSSR count). The molecule has 0 atom stereocenters. The maximum absolute atomic E-state index is 12.7. The van der Waals surface area contributed by atoms with Crippen LogP contribution in [0, 0.1) is 0 Å². The quantitative estimate of drug-likeness (QED) is 0.245. The monoisotopic (exact) mass is 506 g/mol. The van der Waals surface area contributed by atoms with E-state index in [0.29, 0.717) is 23.8 Å². The van der Waals surface area contributed by atoms with E-state index >= 15 is 0 Å². The summed E-state index contributed by atoms with van der Waals surface area (Å²) in [7, 11) is 1.51. The number of aliphatic carboxylic acids is 1. The number of fused-ring (bicyclic) bond motifs is 1. The molecule has 1 heterocycles. The van der Waals surface area contributed by atoms with Crippen LogP contribution in [0.1, 0.15) is 25.0 Å². The minimum Gasteiger partial charge on any atom is -0.492 e. The van der Waals surface area contributed by atoms with Gasteiger partial charge in [-0.25, -0.2) is 4.79 Å². The van der Waals surface area contributed by atoms with Crippen LogP contribution in [0.3, 0.4) is 0 Å². The highest BCUT2D eigenvalue weighted by atomic mass is 32.1. The molecular formula is C27H26N2O6S. The van der Waals surface area contributed by atoms with Crippen molar-refractivity contribution >= 4 is 33.2 Å². The molecule has 0 saturated heterocycles. The topological polar surface area (TPSA) is 99.4 Å². The Morgan fingerprint density at radius 2 is 1.69 bits per heavy atom. The van der Waals surface area contributed by atoms with Gasteiger partial charge in [-0.05, 0) is 50.2 Å². The van der Waals surface area contributed by atoms with Crippen molar-refractivity contribution in [1.82, 2.24) is 4.57 Å². The van der Waals surface area contributed by atoms with Gasteiger partial charge in [-0.2, -0.15) is 0 Å². The number of nitrogens with zero attached hydrogens (tertiary/aromatic N) is 2. The molecule has 0 aliphatic heterocycles. The Morgan fingerprint density at radius 3 is 2.36 bits per heavy atom. The van der Waals surface area contributed by atoms with Gasteiger partial charge in [-0.1, -0.05) is 52.9 Å². The summed E-state index contributed by atoms with van der Waals surface area (Å²) in [6.45, 7) is 3.63. The number of aromatic nitrogens is 1. The number of oxime groups is 1. The van der Waals surface area contributed by atoms with Crippen LogP contribution in [0.2, 0.25) is 0 Å². The highest BCUT2D eigenvalue weighted by Gasteiger charge is 2.29. The second kappa shape index (κ2) is 10.7. The molecule has 36 heavy (non-hydrogen) atoms. The van der Waals surface area contributed by atoms with Crippen LogP contribution in [0.5, 0.6) is 11.5 Å². The largest absolute Gasteiger partial charge is 0.492 e. The molecule has 3 aromatic carbocycles. The van der Waals surface area contributed by atoms with Gasteiger partial charge < -0.3 is 19.4 Å². The Kier molecular flexibility index (Phi) is 7.40. The lowest BCUT2D eigenvalue weighted by Crippen LogP contribution is -2.37. The maximum Gasteiger partial charge on any atom is 0.347 e. The number of ether oxygens (including phenoxy) is 2. The molecular weight excluding hydrogens is 480 g/mol. The normalized spacial score (nSPS) is 11.9. The molecule has 1 N–H and O–H groups in total. The maximum atomic E-state index is 12.7. The van der Waals surface area contributed by atoms with Crippen molar-refractivity contribution in [3.05, 3.63) is 93.6 Å². The van der Waals surface area contributed by atoms with Crippen LogP contribution in [0.15, 0.2) is 82.7 Å². The second-order valence-corrected chi connectivity index (χ2v) is 9.42. The molecule has 0 fully saturated rings. The molecule has 0 amide bonds. The molecule has 0 bridgehead atoms. The third kappa shape index (κ3) is 5.58. The first-order valence-corrected chi connectivity index (χ1v) is 12.1. The Morgan fingerprint density at radius 1 is 1.00 bits per heavy atom. The summed E-state index contributed by atoms with van der Waals surface area (Å²) in [6.07, 6.45) is 0. The molecule has 8 nitrogen and oxygen atoms in total. The zero-order valence-corrected chi connectivity index (χ0v) is 21.0. The Bertz CT molecular complexity index is 1440. The van der Waals surface area contributed by atoms with Crippen LogP contribution in [-0.4, -0.2) is 40.7 Å². The van der Waals surface area contributed by atoms with E-state index in [-0.39, 0.29) is 11.5 Å². The van der Waals surface area contributed by atoms with Crippen LogP contribution >= 0.6 is 11.3 Å². The lowest BCUT2D eigenvalue weighted by atomic mass is 10.0. The summed E-state index contributed by atoms with van der Waals surface area (Å²) in [4.78, 5) is 28.9. The zero-order chi connectivity index (χ0) is 25.7. The van der Waals surface area contributed by atoms with Crippen molar-refractivity contribution in [2.75, 3.05) is 13.7 Å². The summed E-state index contributed by atoms with van der Waals surface area (Å²) in [5.74, 6) is -0.0308. The molecule has 0 unspecified atom stereocenters. The van der Waals surface area contributed by atoms with Gasteiger partial charge in [0.1, 0.15) is 30.9 Å². The molecule has 0 aliphatic rings. The van der Waals surface area contributed by atoms with Crippen molar-refractivity contribution in [3.63, 3.8) is 0 Å². The number of carboxylic acid groups (broad SMARTS) is 1. The van der Waals surface area contributed by atoms with Gasteiger partial charge in [0.25, 0.3) is 0 Å². The van der Waals surface area contributed by atoms with Crippen molar-refractivity contribution < 1.29 is 24.2 Å². The third-order valence-electron chi connectivity index (χ3n) is 5.47. The van der Waals surface area contributed by atoms with E-state index in [1.54, 1.807) is 28.8 Å². The van der Waals surface area contributed by atoms with Crippen molar-refractivity contribution in [2.24, 2.45) is 5.16 Å². The minimum atomic E-state index is -1.33. The van der Waals surface area contributed by atoms with Crippen molar-refractivity contribution in [3.8, 4) is 11.5 Å². The molecule has 0 radical (unpaired) electrons. The number of benzene rings is 3. The van der Waals surface area contributed by atoms with E-state index in [0.717, 1.165) is 21.3 Å². The first kappa shape index (κ1) is 25.0. The van der Waals surface area contributed by atoms with Gasteiger partial charge in [0.2, 0.25) is 0 Å². The molecule has 0 aliphatic carbocycles. The predicted octanol–water partition coefficient (Wildman–Crippen LogP) is 4.78. The van der Waals surface area contributed by atoms with Crippen LogP contribution < -0.4 is 14.3 Å². The summed E-state index contributed by atoms with van der Waals surface area (Å²) in [5.41, 5.74) is 1.95. The van der Waals surface area contributed by atoms with E-state index in [9.17, 15) is 14.7 Å². The highest BCUT2D eigenvalue weighted by molar-refractivity contribution is 7.16. The number of thiazole rings is 1. The Labute approximate surface area is 212 Å². The lowest BCUT2D eigenvalue weighted by Gasteiger charge is -2.21. The van der Waals surface area contributed by atoms with Gasteiger partial charge in [0, 0.05) is 11.1 Å². The summed E-state index contributed by atoms with van der Waals surface area (Å²) in [5, 5.41) is 13.4. The third-order valence-corrected chi connectivity index (χ3v) is 6.41. The molecule has 1 aromatic heterocycles. The smallest absolute Gasteiger partial charge is 0.347 e. The Hall–Kier alpha value is -4.11. The van der Waals surface area contributed by atoms with Gasteiger partial charge >= 0.3 is 10.8 Å². The van der Waals surface area contributed by atoms with Crippen molar-refractivity contribution in [1.29, 1.82) is 0 Å². The van der Waals surface area contributed by atoms with E-state index in [1.165, 1.54) is 32.3 Å². The van der Waals surface area contributed by atoms with Gasteiger partial charge in [-0.15, -0.1) is 0 Å². The fraction of sp³-hybridized carbons (Fsp3) is 0.222. The SMILES string of the molecule is CON=C(c1ccccc1)c1ccc2c(c1)sc(=O)n2CCOc1ccc(OC(C)(C)C(=O)O)cc1. The van der Waals surface area contributed by atoms with E-state index < -0.39 is 11.6 Å². The summed E-state index contributed by atoms with van der Waals surface area (Å²) >= 11 is 1.17. The number of hydrogen-bond donors (Lipinski definition) is 1. The first-order valence-electron chi connectivity index (χ1n) is 11.2. The number of carboxylic acids is 1. The van der Waals surface area contributed by atoms with Crippen LogP contribution in [-0.2, 0) is 16.2 Å². The first-order chi connectivity index (χ1) is 17.3. The molecule has 0 saturated carbocycles. The van der Waals surface area contributed by atoms with Crippen LogP contribution in [0.4, 0.5) is 0 Å². The van der Waals surface area contributed by atoms with E-state index in [2.05, 4.69) is 5.16 Å². The van der Waals surface area contributed by atoms with Gasteiger partial charge in [-0.3, -0.25) is 9.36 Å². The second-order valence-electron chi connectivity index (χ2n) is 8.43. The van der Waals surface area contributed by atoms with E-state index in [4.69, 9.17) is 14.3 Å². The van der Waals surface area contributed by atoms with E-state index in [1.807, 2.05) is 48.5 Å². The number of rotatable bonds is 10.